The fraction of sp³-hybridized carbons (Fsp3) is 0.727. The normalized spacial score (nSPS) is 12.3. The van der Waals surface area contributed by atoms with Crippen LogP contribution in [0.25, 0.3) is 0 Å². The zero-order valence-corrected chi connectivity index (χ0v) is 12.3. The predicted octanol–water partition coefficient (Wildman–Crippen LogP) is 1.34. The van der Waals surface area contributed by atoms with Gasteiger partial charge in [0, 0.05) is 32.9 Å². The Kier molecular flexibility index (Phi) is 6.62. The van der Waals surface area contributed by atoms with Crippen molar-refractivity contribution in [2.24, 2.45) is 0 Å². The summed E-state index contributed by atoms with van der Waals surface area (Å²) in [5.41, 5.74) is -0.348. The first-order chi connectivity index (χ1) is 7.84. The molecule has 0 rings (SSSR count). The number of carbonyl (C=O) groups excluding carboxylic acids is 1. The summed E-state index contributed by atoms with van der Waals surface area (Å²) in [5.74, 6) is -0.186. The zero-order valence-electron chi connectivity index (χ0n) is 11.3. The summed E-state index contributed by atoms with van der Waals surface area (Å²) in [6.45, 7) is 7.30. The van der Waals surface area contributed by atoms with E-state index in [0.717, 1.165) is 0 Å². The Hall–Kier alpha value is -0.693. The van der Waals surface area contributed by atoms with Gasteiger partial charge in [-0.15, -0.1) is 0 Å². The van der Waals surface area contributed by atoms with Crippen LogP contribution < -0.4 is 5.32 Å². The molecule has 0 fully saturated rings. The average molecular weight is 261 g/mol. The smallest absolute Gasteiger partial charge is 0.377 e. The van der Waals surface area contributed by atoms with Crippen molar-refractivity contribution in [2.45, 2.75) is 31.9 Å². The van der Waals surface area contributed by atoms with Gasteiger partial charge in [-0.2, -0.15) is 0 Å². The Morgan fingerprint density at radius 1 is 1.29 bits per heavy atom. The lowest BCUT2D eigenvalue weighted by atomic mass is 10.0. The van der Waals surface area contributed by atoms with Crippen LogP contribution in [-0.2, 0) is 18.1 Å². The Morgan fingerprint density at radius 3 is 2.12 bits per heavy atom. The lowest BCUT2D eigenvalue weighted by Crippen LogP contribution is -2.48. The Balaban J connectivity index is 4.42. The number of nitrogens with one attached hydrogen (secondary N) is 1. The summed E-state index contributed by atoms with van der Waals surface area (Å²) in [4.78, 5) is 11.2. The molecule has 0 aromatic carbocycles. The standard InChI is InChI=1S/C11H23NO4Si/c1-7-10(13)12-11(2,3)8-9-17(14-4,15-5)16-6/h7H,1,8-9H2,2-6H3,(H,12,13). The Labute approximate surface area is 105 Å². The van der Waals surface area contributed by atoms with Crippen molar-refractivity contribution in [3.63, 3.8) is 0 Å². The molecule has 0 heterocycles. The number of amides is 1. The molecule has 0 saturated heterocycles. The van der Waals surface area contributed by atoms with E-state index in [1.807, 2.05) is 13.8 Å². The third-order valence-electron chi connectivity index (χ3n) is 2.64. The van der Waals surface area contributed by atoms with Gasteiger partial charge in [-0.05, 0) is 26.3 Å². The Morgan fingerprint density at radius 2 is 1.76 bits per heavy atom. The molecule has 0 radical (unpaired) electrons. The van der Waals surface area contributed by atoms with E-state index in [1.165, 1.54) is 6.08 Å². The molecule has 5 nitrogen and oxygen atoms in total. The third-order valence-corrected chi connectivity index (χ3v) is 5.36. The molecule has 6 heteroatoms. The van der Waals surface area contributed by atoms with Gasteiger partial charge >= 0.3 is 8.80 Å². The molecule has 0 saturated carbocycles. The van der Waals surface area contributed by atoms with Crippen molar-refractivity contribution >= 4 is 14.7 Å². The van der Waals surface area contributed by atoms with Gasteiger partial charge in [-0.25, -0.2) is 0 Å². The Bertz CT molecular complexity index is 256. The minimum absolute atomic E-state index is 0.186. The first kappa shape index (κ1) is 16.3. The highest BCUT2D eigenvalue weighted by molar-refractivity contribution is 6.60. The summed E-state index contributed by atoms with van der Waals surface area (Å²) in [5, 5.41) is 2.85. The van der Waals surface area contributed by atoms with E-state index in [2.05, 4.69) is 11.9 Å². The van der Waals surface area contributed by atoms with Crippen LogP contribution in [0.1, 0.15) is 20.3 Å². The molecule has 0 aliphatic heterocycles. The molecule has 100 valence electrons. The lowest BCUT2D eigenvalue weighted by Gasteiger charge is -2.30. The highest BCUT2D eigenvalue weighted by Gasteiger charge is 2.39. The lowest BCUT2D eigenvalue weighted by molar-refractivity contribution is -0.118. The van der Waals surface area contributed by atoms with Gasteiger partial charge < -0.3 is 18.6 Å². The van der Waals surface area contributed by atoms with Crippen LogP contribution in [0.2, 0.25) is 6.04 Å². The summed E-state index contributed by atoms with van der Waals surface area (Å²) >= 11 is 0. The van der Waals surface area contributed by atoms with E-state index in [0.29, 0.717) is 12.5 Å². The molecule has 0 aliphatic carbocycles. The molecule has 0 aliphatic rings. The summed E-state index contributed by atoms with van der Waals surface area (Å²) in [6, 6.07) is 0.640. The van der Waals surface area contributed by atoms with E-state index in [-0.39, 0.29) is 11.4 Å². The van der Waals surface area contributed by atoms with Crippen molar-refractivity contribution in [1.82, 2.24) is 5.32 Å². The minimum atomic E-state index is -2.57. The molecule has 17 heavy (non-hydrogen) atoms. The van der Waals surface area contributed by atoms with E-state index >= 15 is 0 Å². The van der Waals surface area contributed by atoms with E-state index in [9.17, 15) is 4.79 Å². The number of carbonyl (C=O) groups is 1. The third kappa shape index (κ3) is 5.45. The summed E-state index contributed by atoms with van der Waals surface area (Å²) in [6.07, 6.45) is 1.96. The van der Waals surface area contributed by atoms with Crippen LogP contribution in [-0.4, -0.2) is 41.6 Å². The van der Waals surface area contributed by atoms with Gasteiger partial charge in [-0.1, -0.05) is 6.58 Å². The number of rotatable bonds is 8. The zero-order chi connectivity index (χ0) is 13.5. The van der Waals surface area contributed by atoms with Crippen molar-refractivity contribution in [3.05, 3.63) is 12.7 Å². The van der Waals surface area contributed by atoms with Crippen molar-refractivity contribution in [1.29, 1.82) is 0 Å². The maximum absolute atomic E-state index is 11.2. The van der Waals surface area contributed by atoms with Gasteiger partial charge in [0.15, 0.2) is 0 Å². The molecule has 0 unspecified atom stereocenters. The second kappa shape index (κ2) is 6.90. The maximum Gasteiger partial charge on any atom is 0.500 e. The summed E-state index contributed by atoms with van der Waals surface area (Å²) in [7, 11) is 2.17. The molecule has 0 aromatic heterocycles. The second-order valence-corrected chi connectivity index (χ2v) is 7.46. The second-order valence-electron chi connectivity index (χ2n) is 4.37. The molecule has 0 spiro atoms. The summed E-state index contributed by atoms with van der Waals surface area (Å²) < 4.78 is 16.0. The van der Waals surface area contributed by atoms with Gasteiger partial charge in [0.2, 0.25) is 5.91 Å². The van der Waals surface area contributed by atoms with E-state index in [4.69, 9.17) is 13.3 Å². The van der Waals surface area contributed by atoms with Gasteiger partial charge in [0.25, 0.3) is 0 Å². The molecular weight excluding hydrogens is 238 g/mol. The topological polar surface area (TPSA) is 56.8 Å². The van der Waals surface area contributed by atoms with Crippen LogP contribution in [0.3, 0.4) is 0 Å². The van der Waals surface area contributed by atoms with E-state index < -0.39 is 8.80 Å². The largest absolute Gasteiger partial charge is 0.500 e. The quantitative estimate of drug-likeness (QED) is 0.529. The van der Waals surface area contributed by atoms with E-state index in [1.54, 1.807) is 21.3 Å². The van der Waals surface area contributed by atoms with Crippen LogP contribution in [0.5, 0.6) is 0 Å². The van der Waals surface area contributed by atoms with Gasteiger partial charge in [0.1, 0.15) is 0 Å². The predicted molar refractivity (Wildman–Crippen MR) is 68.6 cm³/mol. The average Bonchev–Trinajstić information content (AvgIpc) is 2.31. The highest BCUT2D eigenvalue weighted by Crippen LogP contribution is 2.21. The van der Waals surface area contributed by atoms with Crippen molar-refractivity contribution in [2.75, 3.05) is 21.3 Å². The van der Waals surface area contributed by atoms with Gasteiger partial charge in [0.05, 0.1) is 0 Å². The first-order valence-corrected chi connectivity index (χ1v) is 7.38. The molecule has 0 aromatic rings. The van der Waals surface area contributed by atoms with Crippen LogP contribution in [0, 0.1) is 0 Å². The highest BCUT2D eigenvalue weighted by atomic mass is 28.4. The van der Waals surface area contributed by atoms with Gasteiger partial charge in [-0.3, -0.25) is 4.79 Å². The molecule has 1 N–H and O–H groups in total. The van der Waals surface area contributed by atoms with Crippen LogP contribution in [0.15, 0.2) is 12.7 Å². The fourth-order valence-electron chi connectivity index (χ4n) is 1.47. The van der Waals surface area contributed by atoms with Crippen molar-refractivity contribution < 1.29 is 18.1 Å². The number of hydrogen-bond acceptors (Lipinski definition) is 4. The minimum Gasteiger partial charge on any atom is -0.377 e. The molecule has 1 amide bonds. The molecule has 0 bridgehead atoms. The van der Waals surface area contributed by atoms with Crippen LogP contribution in [0.4, 0.5) is 0 Å². The monoisotopic (exact) mass is 261 g/mol. The van der Waals surface area contributed by atoms with Crippen molar-refractivity contribution in [3.8, 4) is 0 Å². The fourth-order valence-corrected chi connectivity index (χ4v) is 3.51. The number of hydrogen-bond donors (Lipinski definition) is 1. The first-order valence-electron chi connectivity index (χ1n) is 5.45. The molecular formula is C11H23NO4Si. The van der Waals surface area contributed by atoms with Crippen LogP contribution >= 0.6 is 0 Å². The SMILES string of the molecule is C=CC(=O)NC(C)(C)CC[Si](OC)(OC)OC. The molecule has 0 atom stereocenters. The maximum atomic E-state index is 11.2.